The van der Waals surface area contributed by atoms with E-state index in [-0.39, 0.29) is 11.4 Å². The van der Waals surface area contributed by atoms with Crippen LogP contribution in [-0.4, -0.2) is 35.0 Å². The number of rotatable bonds is 2. The van der Waals surface area contributed by atoms with Crippen molar-refractivity contribution in [2.75, 3.05) is 13.7 Å². The summed E-state index contributed by atoms with van der Waals surface area (Å²) in [5, 5.41) is -0.195. The van der Waals surface area contributed by atoms with E-state index < -0.39 is 15.5 Å². The number of ether oxygens (including phenoxy) is 2. The van der Waals surface area contributed by atoms with Gasteiger partial charge in [0.1, 0.15) is 5.25 Å². The maximum absolute atomic E-state index is 13.5. The van der Waals surface area contributed by atoms with Gasteiger partial charge in [-0.1, -0.05) is 18.2 Å². The van der Waals surface area contributed by atoms with Gasteiger partial charge in [-0.15, -0.1) is 0 Å². The average molecular weight is 295 g/mol. The van der Waals surface area contributed by atoms with E-state index >= 15 is 0 Å². The summed E-state index contributed by atoms with van der Waals surface area (Å²) < 4.78 is 29.8. The normalized spacial score (nSPS) is 36.1. The maximum Gasteiger partial charge on any atom is 0.184 e. The zero-order valence-corrected chi connectivity index (χ0v) is 12.8. The Balaban J connectivity index is 2.07. The van der Waals surface area contributed by atoms with Gasteiger partial charge in [-0.2, -0.15) is 0 Å². The van der Waals surface area contributed by atoms with Gasteiger partial charge in [0.05, 0.1) is 22.4 Å². The molecule has 4 atom stereocenters. The first-order valence-electron chi connectivity index (χ1n) is 7.12. The molecule has 2 saturated heterocycles. The minimum Gasteiger partial charge on any atom is -0.349 e. The highest BCUT2D eigenvalue weighted by Gasteiger charge is 2.55. The van der Waals surface area contributed by atoms with Crippen molar-refractivity contribution in [1.82, 2.24) is 0 Å². The van der Waals surface area contributed by atoms with Crippen LogP contribution in [0.1, 0.15) is 26.2 Å². The number of nitrogens with zero attached hydrogens (tertiary/aromatic N) is 1. The molecule has 110 valence electrons. The minimum absolute atomic E-state index is 0.0596. The summed E-state index contributed by atoms with van der Waals surface area (Å²) >= 11 is 0. The van der Waals surface area contributed by atoms with Crippen molar-refractivity contribution in [2.24, 2.45) is 4.36 Å². The molecule has 1 spiro atoms. The third-order valence-electron chi connectivity index (χ3n) is 4.19. The molecule has 0 saturated carbocycles. The van der Waals surface area contributed by atoms with Crippen LogP contribution in [-0.2, 0) is 19.2 Å². The smallest absolute Gasteiger partial charge is 0.184 e. The molecule has 2 heterocycles. The molecule has 0 radical (unpaired) electrons. The third kappa shape index (κ3) is 2.08. The molecule has 5 heteroatoms. The van der Waals surface area contributed by atoms with Gasteiger partial charge in [0.2, 0.25) is 0 Å². The van der Waals surface area contributed by atoms with E-state index in [0.717, 1.165) is 24.2 Å². The second-order valence-electron chi connectivity index (χ2n) is 5.48. The Kier molecular flexibility index (Phi) is 3.60. The molecular weight excluding hydrogens is 274 g/mol. The summed E-state index contributed by atoms with van der Waals surface area (Å²) in [6.45, 7) is 2.70. The lowest BCUT2D eigenvalue weighted by atomic mass is 10.1. The highest BCUT2D eigenvalue weighted by atomic mass is 32.2. The second-order valence-corrected chi connectivity index (χ2v) is 8.02. The minimum atomic E-state index is -2.53. The highest BCUT2D eigenvalue weighted by Crippen LogP contribution is 2.45. The Morgan fingerprint density at radius 1 is 1.35 bits per heavy atom. The van der Waals surface area contributed by atoms with Crippen LogP contribution in [0.5, 0.6) is 0 Å². The van der Waals surface area contributed by atoms with Crippen LogP contribution in [0.15, 0.2) is 39.6 Å². The third-order valence-corrected chi connectivity index (χ3v) is 7.00. The van der Waals surface area contributed by atoms with E-state index in [0.29, 0.717) is 6.61 Å². The van der Waals surface area contributed by atoms with E-state index in [1.54, 1.807) is 7.05 Å². The van der Waals surface area contributed by atoms with Crippen molar-refractivity contribution in [1.29, 1.82) is 0 Å². The first-order valence-corrected chi connectivity index (χ1v) is 8.69. The summed E-state index contributed by atoms with van der Waals surface area (Å²) in [4.78, 5) is 0.778. The van der Waals surface area contributed by atoms with Crippen LogP contribution in [0.25, 0.3) is 0 Å². The largest absolute Gasteiger partial charge is 0.349 e. The molecule has 2 fully saturated rings. The van der Waals surface area contributed by atoms with Gasteiger partial charge in [-0.05, 0) is 31.9 Å². The predicted molar refractivity (Wildman–Crippen MR) is 78.1 cm³/mol. The van der Waals surface area contributed by atoms with E-state index in [9.17, 15) is 4.21 Å². The topological polar surface area (TPSA) is 47.9 Å². The number of hydrogen-bond acceptors (Lipinski definition) is 4. The first kappa shape index (κ1) is 14.0. The summed E-state index contributed by atoms with van der Waals surface area (Å²) in [5.74, 6) is -0.703. The molecule has 20 heavy (non-hydrogen) atoms. The zero-order chi connectivity index (χ0) is 14.2. The van der Waals surface area contributed by atoms with Gasteiger partial charge in [0.25, 0.3) is 0 Å². The van der Waals surface area contributed by atoms with E-state index in [1.165, 1.54) is 0 Å². The van der Waals surface area contributed by atoms with E-state index in [1.807, 2.05) is 37.3 Å². The van der Waals surface area contributed by atoms with Crippen molar-refractivity contribution in [3.05, 3.63) is 30.3 Å². The highest BCUT2D eigenvalue weighted by molar-refractivity contribution is 7.94. The van der Waals surface area contributed by atoms with Crippen LogP contribution in [0, 0.1) is 0 Å². The van der Waals surface area contributed by atoms with Gasteiger partial charge in [0, 0.05) is 18.4 Å². The maximum atomic E-state index is 13.5. The lowest BCUT2D eigenvalue weighted by molar-refractivity contribution is -0.193. The lowest BCUT2D eigenvalue weighted by Gasteiger charge is -2.31. The number of hydrogen-bond donors (Lipinski definition) is 0. The summed E-state index contributed by atoms with van der Waals surface area (Å²) in [6, 6.07) is 9.51. The van der Waals surface area contributed by atoms with Crippen molar-refractivity contribution in [3.8, 4) is 0 Å². The van der Waals surface area contributed by atoms with E-state index in [4.69, 9.17) is 9.47 Å². The summed E-state index contributed by atoms with van der Waals surface area (Å²) in [6.07, 6.45) is 2.55. The van der Waals surface area contributed by atoms with E-state index in [2.05, 4.69) is 4.36 Å². The van der Waals surface area contributed by atoms with Crippen molar-refractivity contribution >= 4 is 9.73 Å². The molecule has 0 aromatic heterocycles. The molecule has 0 N–H and O–H groups in total. The average Bonchev–Trinajstić information content (AvgIpc) is 3.07. The Morgan fingerprint density at radius 2 is 2.10 bits per heavy atom. The Labute approximate surface area is 120 Å². The fourth-order valence-electron chi connectivity index (χ4n) is 3.31. The van der Waals surface area contributed by atoms with Gasteiger partial charge in [0.15, 0.2) is 5.79 Å². The molecule has 0 amide bonds. The van der Waals surface area contributed by atoms with Crippen LogP contribution >= 0.6 is 0 Å². The predicted octanol–water partition coefficient (Wildman–Crippen LogP) is 2.83. The zero-order valence-electron chi connectivity index (χ0n) is 12.0. The Morgan fingerprint density at radius 3 is 2.70 bits per heavy atom. The molecule has 3 rings (SSSR count). The van der Waals surface area contributed by atoms with Gasteiger partial charge in [-0.3, -0.25) is 0 Å². The van der Waals surface area contributed by atoms with Gasteiger partial charge >= 0.3 is 0 Å². The van der Waals surface area contributed by atoms with Gasteiger partial charge in [-0.25, -0.2) is 8.57 Å². The number of benzene rings is 1. The molecular formula is C15H21NO3S. The Hall–Kier alpha value is -0.910. The quantitative estimate of drug-likeness (QED) is 0.843. The fourth-order valence-corrected chi connectivity index (χ4v) is 5.92. The van der Waals surface area contributed by atoms with Crippen LogP contribution in [0.2, 0.25) is 0 Å². The molecule has 0 bridgehead atoms. The van der Waals surface area contributed by atoms with Gasteiger partial charge < -0.3 is 9.47 Å². The van der Waals surface area contributed by atoms with Crippen molar-refractivity contribution in [2.45, 2.75) is 48.2 Å². The van der Waals surface area contributed by atoms with Crippen LogP contribution < -0.4 is 0 Å². The molecule has 1 aromatic carbocycles. The monoisotopic (exact) mass is 295 g/mol. The van der Waals surface area contributed by atoms with Crippen molar-refractivity contribution < 1.29 is 13.7 Å². The summed E-state index contributed by atoms with van der Waals surface area (Å²) in [5.41, 5.74) is 0. The SMILES string of the molecule is CN=S(=O)(c1ccccc1)C1CC(C)OC12CCCO2. The molecule has 2 aliphatic heterocycles. The fraction of sp³-hybridized carbons (Fsp3) is 0.600. The molecule has 1 aromatic rings. The molecule has 2 aliphatic rings. The van der Waals surface area contributed by atoms with Crippen molar-refractivity contribution in [3.63, 3.8) is 0 Å². The second kappa shape index (κ2) is 5.13. The first-order chi connectivity index (χ1) is 9.61. The molecule has 0 aliphatic carbocycles. The summed E-state index contributed by atoms with van der Waals surface area (Å²) in [7, 11) is -0.894. The van der Waals surface area contributed by atoms with Crippen LogP contribution in [0.3, 0.4) is 0 Å². The lowest BCUT2D eigenvalue weighted by Crippen LogP contribution is -2.43. The standard InChI is InChI=1S/C15H21NO3S/c1-12-11-14(15(19-12)9-6-10-18-15)20(17,16-2)13-7-4-3-5-8-13/h3-5,7-8,12,14H,6,9-11H2,1-2H3. The Bertz CT molecular complexity index is 586. The van der Waals surface area contributed by atoms with Crippen LogP contribution in [0.4, 0.5) is 0 Å². The molecule has 4 unspecified atom stereocenters. The molecule has 4 nitrogen and oxygen atoms in total.